The highest BCUT2D eigenvalue weighted by Crippen LogP contribution is 2.36. The van der Waals surface area contributed by atoms with Crippen LogP contribution in [0.25, 0.3) is 0 Å². The van der Waals surface area contributed by atoms with Crippen LogP contribution in [0.15, 0.2) is 24.3 Å². The van der Waals surface area contributed by atoms with Gasteiger partial charge in [0.1, 0.15) is 0 Å². The summed E-state index contributed by atoms with van der Waals surface area (Å²) in [4.78, 5) is 19.5. The standard InChI is InChI=1S/C21H31N3O2/c1-18-3-2-4-19(17-18)23-14-12-22(13-15-23)9-5-20(25)24-10-6-21(7-11-24)8-16-26-21/h2-4,17H,5-16H2,1H3. The minimum Gasteiger partial charge on any atom is -0.375 e. The van der Waals surface area contributed by atoms with Crippen molar-refractivity contribution in [1.82, 2.24) is 9.80 Å². The molecule has 142 valence electrons. The van der Waals surface area contributed by atoms with Gasteiger partial charge in [0, 0.05) is 57.9 Å². The van der Waals surface area contributed by atoms with E-state index in [1.54, 1.807) is 0 Å². The maximum Gasteiger partial charge on any atom is 0.223 e. The molecule has 0 N–H and O–H groups in total. The van der Waals surface area contributed by atoms with E-state index in [1.165, 1.54) is 17.7 Å². The molecule has 1 amide bonds. The molecule has 26 heavy (non-hydrogen) atoms. The van der Waals surface area contributed by atoms with Crippen LogP contribution in [0, 0.1) is 6.92 Å². The summed E-state index contributed by atoms with van der Waals surface area (Å²) in [5.74, 6) is 0.320. The molecule has 3 fully saturated rings. The first kappa shape index (κ1) is 17.8. The predicted octanol–water partition coefficient (Wildman–Crippen LogP) is 2.29. The Hall–Kier alpha value is -1.59. The number of hydrogen-bond acceptors (Lipinski definition) is 4. The van der Waals surface area contributed by atoms with Crippen molar-refractivity contribution in [3.05, 3.63) is 29.8 Å². The van der Waals surface area contributed by atoms with Gasteiger partial charge in [-0.1, -0.05) is 12.1 Å². The van der Waals surface area contributed by atoms with E-state index in [-0.39, 0.29) is 5.60 Å². The average Bonchev–Trinajstić information content (AvgIpc) is 2.65. The van der Waals surface area contributed by atoms with E-state index < -0.39 is 0 Å². The lowest BCUT2D eigenvalue weighted by Crippen LogP contribution is -2.53. The quantitative estimate of drug-likeness (QED) is 0.828. The van der Waals surface area contributed by atoms with E-state index in [9.17, 15) is 4.79 Å². The van der Waals surface area contributed by atoms with E-state index in [4.69, 9.17) is 4.74 Å². The van der Waals surface area contributed by atoms with Crippen LogP contribution in [-0.2, 0) is 9.53 Å². The molecule has 1 aromatic rings. The summed E-state index contributed by atoms with van der Waals surface area (Å²) in [6, 6.07) is 8.73. The summed E-state index contributed by atoms with van der Waals surface area (Å²) >= 11 is 0. The lowest BCUT2D eigenvalue weighted by Gasteiger charge is -2.47. The lowest BCUT2D eigenvalue weighted by atomic mass is 9.84. The van der Waals surface area contributed by atoms with Gasteiger partial charge in [-0.2, -0.15) is 0 Å². The maximum absolute atomic E-state index is 12.5. The van der Waals surface area contributed by atoms with Crippen molar-refractivity contribution >= 4 is 11.6 Å². The number of piperidine rings is 1. The molecular weight excluding hydrogens is 326 g/mol. The van der Waals surface area contributed by atoms with Gasteiger partial charge in [-0.05, 0) is 43.9 Å². The van der Waals surface area contributed by atoms with Crippen LogP contribution in [0.5, 0.6) is 0 Å². The summed E-state index contributed by atoms with van der Waals surface area (Å²) in [5.41, 5.74) is 2.76. The molecule has 0 aromatic heterocycles. The van der Waals surface area contributed by atoms with E-state index >= 15 is 0 Å². The number of hydrogen-bond donors (Lipinski definition) is 0. The number of amides is 1. The highest BCUT2D eigenvalue weighted by atomic mass is 16.5. The summed E-state index contributed by atoms with van der Waals surface area (Å²) in [6.45, 7) is 9.85. The second-order valence-corrected chi connectivity index (χ2v) is 8.08. The van der Waals surface area contributed by atoms with Crippen LogP contribution in [0.4, 0.5) is 5.69 Å². The molecule has 0 atom stereocenters. The van der Waals surface area contributed by atoms with Crippen LogP contribution in [0.2, 0.25) is 0 Å². The Morgan fingerprint density at radius 1 is 1.08 bits per heavy atom. The van der Waals surface area contributed by atoms with Gasteiger partial charge >= 0.3 is 0 Å². The predicted molar refractivity (Wildman–Crippen MR) is 104 cm³/mol. The number of likely N-dealkylation sites (tertiary alicyclic amines) is 1. The van der Waals surface area contributed by atoms with Crippen molar-refractivity contribution in [2.45, 2.75) is 38.2 Å². The fraction of sp³-hybridized carbons (Fsp3) is 0.667. The average molecular weight is 357 g/mol. The third kappa shape index (κ3) is 3.89. The highest BCUT2D eigenvalue weighted by molar-refractivity contribution is 5.76. The van der Waals surface area contributed by atoms with Gasteiger partial charge in [0.15, 0.2) is 0 Å². The number of nitrogens with zero attached hydrogens (tertiary/aromatic N) is 3. The number of carbonyl (C=O) groups is 1. The SMILES string of the molecule is Cc1cccc(N2CCN(CCC(=O)N3CCC4(CCO4)CC3)CC2)c1. The van der Waals surface area contributed by atoms with E-state index in [1.807, 2.05) is 0 Å². The first-order valence-corrected chi connectivity index (χ1v) is 10.1. The number of piperazine rings is 1. The van der Waals surface area contributed by atoms with Gasteiger partial charge < -0.3 is 14.5 Å². The molecule has 5 nitrogen and oxygen atoms in total. The molecule has 1 aromatic carbocycles. The Morgan fingerprint density at radius 2 is 1.81 bits per heavy atom. The molecule has 4 rings (SSSR count). The Labute approximate surface area is 156 Å². The lowest BCUT2D eigenvalue weighted by molar-refractivity contribution is -0.176. The van der Waals surface area contributed by atoms with Gasteiger partial charge in [-0.15, -0.1) is 0 Å². The fourth-order valence-electron chi connectivity index (χ4n) is 4.41. The molecule has 3 aliphatic heterocycles. The van der Waals surface area contributed by atoms with E-state index in [0.717, 1.165) is 65.3 Å². The molecule has 0 radical (unpaired) electrons. The Morgan fingerprint density at radius 3 is 2.42 bits per heavy atom. The Kier molecular flexibility index (Phi) is 5.18. The number of carbonyl (C=O) groups excluding carboxylic acids is 1. The number of aryl methyl sites for hydroxylation is 1. The zero-order valence-corrected chi connectivity index (χ0v) is 16.0. The van der Waals surface area contributed by atoms with Gasteiger partial charge in [0.25, 0.3) is 0 Å². The van der Waals surface area contributed by atoms with Gasteiger partial charge in [-0.25, -0.2) is 0 Å². The van der Waals surface area contributed by atoms with Crippen LogP contribution in [-0.4, -0.2) is 73.7 Å². The summed E-state index contributed by atoms with van der Waals surface area (Å²) in [5, 5.41) is 0. The highest BCUT2D eigenvalue weighted by Gasteiger charge is 2.41. The summed E-state index contributed by atoms with van der Waals surface area (Å²) in [7, 11) is 0. The van der Waals surface area contributed by atoms with E-state index in [2.05, 4.69) is 45.9 Å². The van der Waals surface area contributed by atoms with Crippen molar-refractivity contribution < 1.29 is 9.53 Å². The number of ether oxygens (including phenoxy) is 1. The first-order chi connectivity index (χ1) is 12.6. The van der Waals surface area contributed by atoms with Gasteiger partial charge in [0.05, 0.1) is 12.2 Å². The molecule has 3 aliphatic rings. The van der Waals surface area contributed by atoms with Crippen LogP contribution in [0.1, 0.15) is 31.2 Å². The molecule has 3 saturated heterocycles. The van der Waals surface area contributed by atoms with E-state index in [0.29, 0.717) is 12.3 Å². The van der Waals surface area contributed by atoms with Crippen molar-refractivity contribution in [3.63, 3.8) is 0 Å². The third-order valence-corrected chi connectivity index (χ3v) is 6.37. The minimum absolute atomic E-state index is 0.128. The second-order valence-electron chi connectivity index (χ2n) is 8.08. The molecule has 1 spiro atoms. The second kappa shape index (κ2) is 7.57. The molecular formula is C21H31N3O2. The Balaban J connectivity index is 1.18. The van der Waals surface area contributed by atoms with Crippen LogP contribution in [0.3, 0.4) is 0 Å². The van der Waals surface area contributed by atoms with Crippen LogP contribution < -0.4 is 4.90 Å². The smallest absolute Gasteiger partial charge is 0.223 e. The largest absolute Gasteiger partial charge is 0.375 e. The maximum atomic E-state index is 12.5. The van der Waals surface area contributed by atoms with Gasteiger partial charge in [0.2, 0.25) is 5.91 Å². The monoisotopic (exact) mass is 357 g/mol. The summed E-state index contributed by atoms with van der Waals surface area (Å²) < 4.78 is 5.75. The molecule has 0 bridgehead atoms. The van der Waals surface area contributed by atoms with Crippen molar-refractivity contribution in [3.8, 4) is 0 Å². The third-order valence-electron chi connectivity index (χ3n) is 6.37. The molecule has 5 heteroatoms. The molecule has 3 heterocycles. The van der Waals surface area contributed by atoms with Gasteiger partial charge in [-0.3, -0.25) is 9.69 Å². The fourth-order valence-corrected chi connectivity index (χ4v) is 4.41. The normalized spacial score (nSPS) is 23.1. The Bertz CT molecular complexity index is 626. The zero-order chi connectivity index (χ0) is 18.0. The van der Waals surface area contributed by atoms with Crippen molar-refractivity contribution in [2.24, 2.45) is 0 Å². The van der Waals surface area contributed by atoms with Crippen LogP contribution >= 0.6 is 0 Å². The topological polar surface area (TPSA) is 36.0 Å². The number of anilines is 1. The molecule has 0 aliphatic carbocycles. The molecule has 0 saturated carbocycles. The number of benzene rings is 1. The first-order valence-electron chi connectivity index (χ1n) is 10.1. The summed E-state index contributed by atoms with van der Waals surface area (Å²) in [6.07, 6.45) is 3.88. The van der Waals surface area contributed by atoms with Crippen molar-refractivity contribution in [2.75, 3.05) is 57.3 Å². The zero-order valence-electron chi connectivity index (χ0n) is 16.0. The minimum atomic E-state index is 0.128. The number of rotatable bonds is 4. The molecule has 0 unspecified atom stereocenters. The van der Waals surface area contributed by atoms with Crippen molar-refractivity contribution in [1.29, 1.82) is 0 Å².